The number of carbonyl (C=O) groups excluding carboxylic acids is 2. The molecule has 2 aliphatic heterocycles. The molecule has 6 heteroatoms. The van der Waals surface area contributed by atoms with E-state index in [1.165, 1.54) is 6.42 Å². The van der Waals surface area contributed by atoms with E-state index in [9.17, 15) is 9.59 Å². The number of fused-ring (bicyclic) bond motifs is 1. The number of nitrogens with one attached hydrogen (secondary N) is 1. The summed E-state index contributed by atoms with van der Waals surface area (Å²) in [6.45, 7) is 4.65. The van der Waals surface area contributed by atoms with E-state index >= 15 is 0 Å². The third kappa shape index (κ3) is 3.26. The fraction of sp³-hybridized carbons (Fsp3) is 0.500. The summed E-state index contributed by atoms with van der Waals surface area (Å²) in [5.41, 5.74) is 1.04. The van der Waals surface area contributed by atoms with Crippen LogP contribution in [-0.4, -0.2) is 53.3 Å². The number of carbonyl (C=O) groups is 2. The van der Waals surface area contributed by atoms with Gasteiger partial charge in [-0.05, 0) is 50.1 Å². The molecule has 0 bridgehead atoms. The van der Waals surface area contributed by atoms with Gasteiger partial charge in [0.05, 0.1) is 11.6 Å². The molecule has 2 aliphatic rings. The maximum Gasteiger partial charge on any atom is 0.313 e. The molecule has 0 unspecified atom stereocenters. The summed E-state index contributed by atoms with van der Waals surface area (Å²) in [6.07, 6.45) is 3.11. The molecule has 0 saturated carbocycles. The monoisotopic (exact) mass is 326 g/mol. The number of benzene rings is 1. The van der Waals surface area contributed by atoms with Crippen LogP contribution in [0.1, 0.15) is 31.7 Å². The SMILES string of the molecule is CC[C@H]1CN2CCC[C@H]2CN1C(=O)C(=O)Nc1ccc(C#N)cc1. The molecule has 2 heterocycles. The van der Waals surface area contributed by atoms with Crippen molar-refractivity contribution in [1.29, 1.82) is 5.26 Å². The predicted molar refractivity (Wildman–Crippen MR) is 90.2 cm³/mol. The fourth-order valence-corrected chi connectivity index (χ4v) is 3.63. The van der Waals surface area contributed by atoms with Crippen LogP contribution in [0, 0.1) is 11.3 Å². The predicted octanol–water partition coefficient (Wildman–Crippen LogP) is 1.58. The van der Waals surface area contributed by atoms with Crippen LogP contribution in [0.25, 0.3) is 0 Å². The lowest BCUT2D eigenvalue weighted by atomic mass is 10.0. The van der Waals surface area contributed by atoms with Gasteiger partial charge in [0, 0.05) is 30.9 Å². The van der Waals surface area contributed by atoms with E-state index < -0.39 is 11.8 Å². The summed E-state index contributed by atoms with van der Waals surface area (Å²) in [5, 5.41) is 11.4. The van der Waals surface area contributed by atoms with Gasteiger partial charge in [0.2, 0.25) is 0 Å². The summed E-state index contributed by atoms with van der Waals surface area (Å²) < 4.78 is 0. The molecule has 6 nitrogen and oxygen atoms in total. The summed E-state index contributed by atoms with van der Waals surface area (Å²) in [6, 6.07) is 9.01. The second-order valence-corrected chi connectivity index (χ2v) is 6.45. The van der Waals surface area contributed by atoms with Crippen LogP contribution in [0.4, 0.5) is 5.69 Å². The smallest absolute Gasteiger partial charge is 0.313 e. The van der Waals surface area contributed by atoms with E-state index in [4.69, 9.17) is 5.26 Å². The van der Waals surface area contributed by atoms with Crippen LogP contribution in [-0.2, 0) is 9.59 Å². The summed E-state index contributed by atoms with van der Waals surface area (Å²) >= 11 is 0. The van der Waals surface area contributed by atoms with E-state index in [0.29, 0.717) is 23.8 Å². The van der Waals surface area contributed by atoms with Crippen molar-refractivity contribution in [3.63, 3.8) is 0 Å². The molecule has 2 amide bonds. The number of nitriles is 1. The van der Waals surface area contributed by atoms with Crippen molar-refractivity contribution in [2.75, 3.05) is 25.0 Å². The Labute approximate surface area is 142 Å². The minimum absolute atomic E-state index is 0.0959. The van der Waals surface area contributed by atoms with E-state index in [0.717, 1.165) is 25.9 Å². The van der Waals surface area contributed by atoms with Gasteiger partial charge in [0.25, 0.3) is 0 Å². The lowest BCUT2D eigenvalue weighted by Gasteiger charge is -2.43. The van der Waals surface area contributed by atoms with E-state index in [-0.39, 0.29) is 6.04 Å². The molecule has 0 aromatic heterocycles. The Kier molecular flexibility index (Phi) is 4.81. The summed E-state index contributed by atoms with van der Waals surface area (Å²) in [7, 11) is 0. The minimum atomic E-state index is -0.607. The van der Waals surface area contributed by atoms with Gasteiger partial charge in [0.15, 0.2) is 0 Å². The van der Waals surface area contributed by atoms with Gasteiger partial charge in [-0.25, -0.2) is 0 Å². The van der Waals surface area contributed by atoms with Gasteiger partial charge in [-0.1, -0.05) is 6.92 Å². The van der Waals surface area contributed by atoms with E-state index in [1.807, 2.05) is 6.07 Å². The zero-order chi connectivity index (χ0) is 17.1. The molecule has 24 heavy (non-hydrogen) atoms. The van der Waals surface area contributed by atoms with Crippen LogP contribution in [0.3, 0.4) is 0 Å². The van der Waals surface area contributed by atoms with Crippen LogP contribution >= 0.6 is 0 Å². The summed E-state index contributed by atoms with van der Waals surface area (Å²) in [5.74, 6) is -1.07. The average Bonchev–Trinajstić information content (AvgIpc) is 3.07. The number of amides is 2. The number of rotatable bonds is 2. The van der Waals surface area contributed by atoms with Crippen molar-refractivity contribution in [3.8, 4) is 6.07 Å². The molecule has 2 fully saturated rings. The summed E-state index contributed by atoms with van der Waals surface area (Å²) in [4.78, 5) is 29.1. The zero-order valence-electron chi connectivity index (χ0n) is 13.9. The molecule has 1 N–H and O–H groups in total. The number of hydrogen-bond acceptors (Lipinski definition) is 4. The zero-order valence-corrected chi connectivity index (χ0v) is 13.9. The van der Waals surface area contributed by atoms with Crippen LogP contribution < -0.4 is 5.32 Å². The Morgan fingerprint density at radius 1 is 1.29 bits per heavy atom. The van der Waals surface area contributed by atoms with Crippen molar-refractivity contribution in [2.45, 2.75) is 38.3 Å². The fourth-order valence-electron chi connectivity index (χ4n) is 3.63. The van der Waals surface area contributed by atoms with Gasteiger partial charge in [-0.2, -0.15) is 5.26 Å². The highest BCUT2D eigenvalue weighted by Gasteiger charge is 2.39. The highest BCUT2D eigenvalue weighted by molar-refractivity contribution is 6.39. The molecule has 2 atom stereocenters. The molecule has 0 aliphatic carbocycles. The molecule has 1 aromatic carbocycles. The van der Waals surface area contributed by atoms with Crippen LogP contribution in [0.15, 0.2) is 24.3 Å². The van der Waals surface area contributed by atoms with Gasteiger partial charge in [0.1, 0.15) is 0 Å². The molecular formula is C18H22N4O2. The van der Waals surface area contributed by atoms with E-state index in [1.54, 1.807) is 29.2 Å². The van der Waals surface area contributed by atoms with Gasteiger partial charge < -0.3 is 10.2 Å². The van der Waals surface area contributed by atoms with E-state index in [2.05, 4.69) is 17.1 Å². The van der Waals surface area contributed by atoms with Gasteiger partial charge in [-0.15, -0.1) is 0 Å². The second kappa shape index (κ2) is 7.02. The number of anilines is 1. The highest BCUT2D eigenvalue weighted by Crippen LogP contribution is 2.26. The molecular weight excluding hydrogens is 304 g/mol. The van der Waals surface area contributed by atoms with Crippen molar-refractivity contribution in [2.24, 2.45) is 0 Å². The molecule has 1 aromatic rings. The minimum Gasteiger partial charge on any atom is -0.329 e. The Morgan fingerprint density at radius 3 is 2.71 bits per heavy atom. The highest BCUT2D eigenvalue weighted by atomic mass is 16.2. The maximum absolute atomic E-state index is 12.6. The standard InChI is InChI=1S/C18H22N4O2/c1-2-15-11-21-9-3-4-16(21)12-22(15)18(24)17(23)20-14-7-5-13(10-19)6-8-14/h5-8,15-16H,2-4,9,11-12H2,1H3,(H,20,23)/t15-,16-/m0/s1. The lowest BCUT2D eigenvalue weighted by Crippen LogP contribution is -2.59. The average molecular weight is 326 g/mol. The quantitative estimate of drug-likeness (QED) is 0.837. The normalized spacial score (nSPS) is 23.4. The van der Waals surface area contributed by atoms with Crippen molar-refractivity contribution in [3.05, 3.63) is 29.8 Å². The lowest BCUT2D eigenvalue weighted by molar-refractivity contribution is -0.147. The van der Waals surface area contributed by atoms with Gasteiger partial charge in [-0.3, -0.25) is 14.5 Å². The van der Waals surface area contributed by atoms with Crippen molar-refractivity contribution >= 4 is 17.5 Å². The molecule has 126 valence electrons. The van der Waals surface area contributed by atoms with Crippen molar-refractivity contribution in [1.82, 2.24) is 9.80 Å². The third-order valence-corrected chi connectivity index (χ3v) is 4.99. The number of piperazine rings is 1. The van der Waals surface area contributed by atoms with Crippen molar-refractivity contribution < 1.29 is 9.59 Å². The Balaban J connectivity index is 1.67. The van der Waals surface area contributed by atoms with Gasteiger partial charge >= 0.3 is 11.8 Å². The largest absolute Gasteiger partial charge is 0.329 e. The third-order valence-electron chi connectivity index (χ3n) is 4.99. The first-order valence-corrected chi connectivity index (χ1v) is 8.48. The molecule has 2 saturated heterocycles. The first-order chi connectivity index (χ1) is 11.6. The van der Waals surface area contributed by atoms with Crippen LogP contribution in [0.5, 0.6) is 0 Å². The number of nitrogens with zero attached hydrogens (tertiary/aromatic N) is 3. The Hall–Kier alpha value is -2.39. The first-order valence-electron chi connectivity index (χ1n) is 8.48. The topological polar surface area (TPSA) is 76.4 Å². The van der Waals surface area contributed by atoms with Crippen LogP contribution in [0.2, 0.25) is 0 Å². The first kappa shape index (κ1) is 16.5. The maximum atomic E-state index is 12.6. The molecule has 3 rings (SSSR count). The molecule has 0 radical (unpaired) electrons. The Morgan fingerprint density at radius 2 is 2.04 bits per heavy atom. The Bertz CT molecular complexity index is 665. The number of hydrogen-bond donors (Lipinski definition) is 1. The molecule has 0 spiro atoms. The second-order valence-electron chi connectivity index (χ2n) is 6.45.